The molecule has 1 atom stereocenters. The molecule has 1 aromatic rings. The van der Waals surface area contributed by atoms with Gasteiger partial charge in [0.05, 0.1) is 18.8 Å². The SMILES string of the molecule is COc1ncnc(NCC(C)OC)c1C. The van der Waals surface area contributed by atoms with Gasteiger partial charge in [0, 0.05) is 13.7 Å². The molecule has 0 aliphatic rings. The molecule has 1 unspecified atom stereocenters. The minimum Gasteiger partial charge on any atom is -0.481 e. The van der Waals surface area contributed by atoms with E-state index in [0.717, 1.165) is 11.4 Å². The minimum absolute atomic E-state index is 0.144. The molecule has 84 valence electrons. The number of aromatic nitrogens is 2. The summed E-state index contributed by atoms with van der Waals surface area (Å²) in [5, 5.41) is 3.18. The number of hydrogen-bond donors (Lipinski definition) is 1. The van der Waals surface area contributed by atoms with Crippen molar-refractivity contribution in [2.24, 2.45) is 0 Å². The highest BCUT2D eigenvalue weighted by Gasteiger charge is 2.07. The van der Waals surface area contributed by atoms with E-state index in [9.17, 15) is 0 Å². The van der Waals surface area contributed by atoms with Crippen molar-refractivity contribution in [1.82, 2.24) is 9.97 Å². The summed E-state index contributed by atoms with van der Waals surface area (Å²) in [5.74, 6) is 1.38. The van der Waals surface area contributed by atoms with E-state index in [1.807, 2.05) is 13.8 Å². The molecule has 0 amide bonds. The quantitative estimate of drug-likeness (QED) is 0.794. The summed E-state index contributed by atoms with van der Waals surface area (Å²) in [6, 6.07) is 0. The second-order valence-corrected chi connectivity index (χ2v) is 3.28. The number of ether oxygens (including phenoxy) is 2. The van der Waals surface area contributed by atoms with Crippen LogP contribution in [0.3, 0.4) is 0 Å². The molecule has 0 saturated heterocycles. The molecule has 1 heterocycles. The first kappa shape index (κ1) is 11.7. The number of nitrogens with zero attached hydrogens (tertiary/aromatic N) is 2. The summed E-state index contributed by atoms with van der Waals surface area (Å²) in [7, 11) is 3.27. The average molecular weight is 211 g/mol. The van der Waals surface area contributed by atoms with Gasteiger partial charge in [-0.2, -0.15) is 0 Å². The molecule has 0 fully saturated rings. The molecule has 0 aliphatic heterocycles. The van der Waals surface area contributed by atoms with Gasteiger partial charge in [-0.15, -0.1) is 0 Å². The molecule has 1 N–H and O–H groups in total. The van der Waals surface area contributed by atoms with Crippen LogP contribution in [0.5, 0.6) is 5.88 Å². The zero-order chi connectivity index (χ0) is 11.3. The van der Waals surface area contributed by atoms with Crippen LogP contribution in [0.2, 0.25) is 0 Å². The minimum atomic E-state index is 0.144. The normalized spacial score (nSPS) is 12.3. The summed E-state index contributed by atoms with van der Waals surface area (Å²) in [6.07, 6.45) is 1.62. The standard InChI is InChI=1S/C10H17N3O2/c1-7(14-3)5-11-9-8(2)10(15-4)13-6-12-9/h6-7H,5H2,1-4H3,(H,11,12,13). The zero-order valence-corrected chi connectivity index (χ0v) is 9.57. The van der Waals surface area contributed by atoms with Gasteiger partial charge in [0.1, 0.15) is 12.1 Å². The lowest BCUT2D eigenvalue weighted by Gasteiger charge is -2.13. The van der Waals surface area contributed by atoms with Gasteiger partial charge in [-0.05, 0) is 13.8 Å². The van der Waals surface area contributed by atoms with Gasteiger partial charge in [0.25, 0.3) is 0 Å². The van der Waals surface area contributed by atoms with Crippen molar-refractivity contribution in [3.8, 4) is 5.88 Å². The van der Waals surface area contributed by atoms with E-state index in [-0.39, 0.29) is 6.10 Å². The van der Waals surface area contributed by atoms with Crippen LogP contribution in [0.25, 0.3) is 0 Å². The Bertz CT molecular complexity index is 318. The highest BCUT2D eigenvalue weighted by Crippen LogP contribution is 2.19. The van der Waals surface area contributed by atoms with Crippen LogP contribution in [0.15, 0.2) is 6.33 Å². The van der Waals surface area contributed by atoms with E-state index in [1.54, 1.807) is 14.2 Å². The Morgan fingerprint density at radius 2 is 2.13 bits per heavy atom. The maximum absolute atomic E-state index is 5.13. The van der Waals surface area contributed by atoms with Gasteiger partial charge in [-0.25, -0.2) is 9.97 Å². The number of methoxy groups -OCH3 is 2. The van der Waals surface area contributed by atoms with Crippen molar-refractivity contribution in [1.29, 1.82) is 0 Å². The van der Waals surface area contributed by atoms with E-state index in [0.29, 0.717) is 12.4 Å². The molecular weight excluding hydrogens is 194 g/mol. The van der Waals surface area contributed by atoms with Crippen LogP contribution in [0, 0.1) is 6.92 Å². The number of hydrogen-bond acceptors (Lipinski definition) is 5. The zero-order valence-electron chi connectivity index (χ0n) is 9.57. The predicted octanol–water partition coefficient (Wildman–Crippen LogP) is 1.24. The molecule has 15 heavy (non-hydrogen) atoms. The Morgan fingerprint density at radius 3 is 2.73 bits per heavy atom. The Balaban J connectivity index is 2.68. The largest absolute Gasteiger partial charge is 0.481 e. The van der Waals surface area contributed by atoms with Gasteiger partial charge in [-0.3, -0.25) is 0 Å². The Labute approximate surface area is 89.8 Å². The molecule has 0 radical (unpaired) electrons. The smallest absolute Gasteiger partial charge is 0.221 e. The molecule has 0 aliphatic carbocycles. The number of anilines is 1. The number of rotatable bonds is 5. The van der Waals surface area contributed by atoms with E-state index in [1.165, 1.54) is 6.33 Å². The summed E-state index contributed by atoms with van der Waals surface area (Å²) < 4.78 is 10.2. The van der Waals surface area contributed by atoms with Crippen molar-refractivity contribution in [3.63, 3.8) is 0 Å². The first-order chi connectivity index (χ1) is 7.19. The lowest BCUT2D eigenvalue weighted by atomic mass is 10.3. The van der Waals surface area contributed by atoms with Crippen LogP contribution in [0.4, 0.5) is 5.82 Å². The first-order valence-electron chi connectivity index (χ1n) is 4.81. The van der Waals surface area contributed by atoms with Crippen LogP contribution in [0.1, 0.15) is 12.5 Å². The summed E-state index contributed by atoms with van der Waals surface area (Å²) in [6.45, 7) is 4.61. The lowest BCUT2D eigenvalue weighted by molar-refractivity contribution is 0.128. The average Bonchev–Trinajstić information content (AvgIpc) is 2.27. The third kappa shape index (κ3) is 3.06. The van der Waals surface area contributed by atoms with Crippen LogP contribution < -0.4 is 10.1 Å². The van der Waals surface area contributed by atoms with E-state index < -0.39 is 0 Å². The van der Waals surface area contributed by atoms with E-state index >= 15 is 0 Å². The first-order valence-corrected chi connectivity index (χ1v) is 4.81. The Kier molecular flexibility index (Phi) is 4.30. The fourth-order valence-corrected chi connectivity index (χ4v) is 1.14. The van der Waals surface area contributed by atoms with Gasteiger partial charge < -0.3 is 14.8 Å². The van der Waals surface area contributed by atoms with Crippen LogP contribution in [-0.4, -0.2) is 36.8 Å². The van der Waals surface area contributed by atoms with Gasteiger partial charge in [0.2, 0.25) is 5.88 Å². The highest BCUT2D eigenvalue weighted by molar-refractivity contribution is 5.47. The molecule has 1 rings (SSSR count). The number of nitrogens with one attached hydrogen (secondary N) is 1. The molecular formula is C10H17N3O2. The van der Waals surface area contributed by atoms with Crippen molar-refractivity contribution in [2.45, 2.75) is 20.0 Å². The molecule has 5 nitrogen and oxygen atoms in total. The molecule has 0 saturated carbocycles. The fraction of sp³-hybridized carbons (Fsp3) is 0.600. The van der Waals surface area contributed by atoms with E-state index in [2.05, 4.69) is 15.3 Å². The van der Waals surface area contributed by atoms with Crippen molar-refractivity contribution in [3.05, 3.63) is 11.9 Å². The highest BCUT2D eigenvalue weighted by atomic mass is 16.5. The summed E-state index contributed by atoms with van der Waals surface area (Å²) >= 11 is 0. The Morgan fingerprint density at radius 1 is 1.40 bits per heavy atom. The predicted molar refractivity (Wildman–Crippen MR) is 58.3 cm³/mol. The summed E-state index contributed by atoms with van der Waals surface area (Å²) in [4.78, 5) is 8.14. The fourth-order valence-electron chi connectivity index (χ4n) is 1.14. The molecule has 0 spiro atoms. The summed E-state index contributed by atoms with van der Waals surface area (Å²) in [5.41, 5.74) is 0.906. The van der Waals surface area contributed by atoms with Gasteiger partial charge in [-0.1, -0.05) is 0 Å². The van der Waals surface area contributed by atoms with Gasteiger partial charge >= 0.3 is 0 Å². The molecule has 0 aromatic carbocycles. The topological polar surface area (TPSA) is 56.3 Å². The van der Waals surface area contributed by atoms with Crippen LogP contribution in [-0.2, 0) is 4.74 Å². The van der Waals surface area contributed by atoms with Crippen molar-refractivity contribution < 1.29 is 9.47 Å². The molecule has 5 heteroatoms. The third-order valence-electron chi connectivity index (χ3n) is 2.19. The van der Waals surface area contributed by atoms with Crippen molar-refractivity contribution in [2.75, 3.05) is 26.1 Å². The van der Waals surface area contributed by atoms with Crippen LogP contribution >= 0.6 is 0 Å². The molecule has 0 bridgehead atoms. The maximum Gasteiger partial charge on any atom is 0.221 e. The third-order valence-corrected chi connectivity index (χ3v) is 2.19. The lowest BCUT2D eigenvalue weighted by Crippen LogP contribution is -2.19. The Hall–Kier alpha value is -1.36. The van der Waals surface area contributed by atoms with Gasteiger partial charge in [0.15, 0.2) is 0 Å². The second kappa shape index (κ2) is 5.50. The monoisotopic (exact) mass is 211 g/mol. The van der Waals surface area contributed by atoms with E-state index in [4.69, 9.17) is 9.47 Å². The maximum atomic E-state index is 5.13. The van der Waals surface area contributed by atoms with Crippen molar-refractivity contribution >= 4 is 5.82 Å². The molecule has 1 aromatic heterocycles. The second-order valence-electron chi connectivity index (χ2n) is 3.28.